The predicted octanol–water partition coefficient (Wildman–Crippen LogP) is 4.03. The number of methoxy groups -OCH3 is 3. The maximum Gasteiger partial charge on any atom is 0.336 e. The fraction of sp³-hybridized carbons (Fsp3) is 0.321. The molecule has 3 rings (SSSR count). The molecule has 0 unspecified atom stereocenters. The number of dihydropyridines is 1. The summed E-state index contributed by atoms with van der Waals surface area (Å²) >= 11 is 0. The Hall–Kier alpha value is -4.27. The van der Waals surface area contributed by atoms with E-state index in [1.54, 1.807) is 45.2 Å². The summed E-state index contributed by atoms with van der Waals surface area (Å²) in [5, 5.41) is 8.76. The molecule has 1 heterocycles. The standard InChI is InChI=1S/C28H33N3O6/c1-17-23(26(32)36-4)25(24(18(2)30-17)27(33)37-5)20-11-7-12-21(16-20)31-28(34)29-14-8-10-19-9-6-13-22(15-19)35-3/h6-7,9,11-13,15-16,25,30H,8,10,14H2,1-5H3,(H2,29,31,34). The van der Waals surface area contributed by atoms with Gasteiger partial charge in [0.25, 0.3) is 0 Å². The van der Waals surface area contributed by atoms with E-state index in [2.05, 4.69) is 16.0 Å². The summed E-state index contributed by atoms with van der Waals surface area (Å²) in [6.07, 6.45) is 1.56. The second-order valence-electron chi connectivity index (χ2n) is 8.58. The van der Waals surface area contributed by atoms with Gasteiger partial charge in [-0.1, -0.05) is 24.3 Å². The molecule has 2 aromatic carbocycles. The molecule has 0 aromatic heterocycles. The summed E-state index contributed by atoms with van der Waals surface area (Å²) in [6, 6.07) is 14.5. The van der Waals surface area contributed by atoms with Crippen LogP contribution in [0.3, 0.4) is 0 Å². The Kier molecular flexibility index (Phi) is 9.32. The Morgan fingerprint density at radius 3 is 2.16 bits per heavy atom. The molecule has 0 saturated heterocycles. The SMILES string of the molecule is COC(=O)C1=C(C)NC(C)=C(C(=O)OC)C1c1cccc(NC(=O)NCCCc2cccc(OC)c2)c1. The van der Waals surface area contributed by atoms with Crippen LogP contribution in [0.1, 0.15) is 37.3 Å². The lowest BCUT2D eigenvalue weighted by atomic mass is 9.80. The smallest absolute Gasteiger partial charge is 0.336 e. The Morgan fingerprint density at radius 2 is 1.54 bits per heavy atom. The zero-order valence-electron chi connectivity index (χ0n) is 21.8. The second-order valence-corrected chi connectivity index (χ2v) is 8.58. The Balaban J connectivity index is 1.73. The van der Waals surface area contributed by atoms with E-state index in [-0.39, 0.29) is 6.03 Å². The molecule has 2 amide bonds. The summed E-state index contributed by atoms with van der Waals surface area (Å²) in [4.78, 5) is 37.9. The normalized spacial score (nSPS) is 13.5. The molecule has 1 aliphatic heterocycles. The van der Waals surface area contributed by atoms with Crippen molar-refractivity contribution < 1.29 is 28.6 Å². The Labute approximate surface area is 216 Å². The number of amides is 2. The number of carbonyl (C=O) groups is 3. The van der Waals surface area contributed by atoms with E-state index < -0.39 is 17.9 Å². The van der Waals surface area contributed by atoms with Gasteiger partial charge in [-0.2, -0.15) is 0 Å². The third-order valence-corrected chi connectivity index (χ3v) is 6.11. The van der Waals surface area contributed by atoms with Crippen LogP contribution in [0.15, 0.2) is 71.1 Å². The highest BCUT2D eigenvalue weighted by Gasteiger charge is 2.37. The molecule has 196 valence electrons. The van der Waals surface area contributed by atoms with Gasteiger partial charge in [0.2, 0.25) is 0 Å². The van der Waals surface area contributed by atoms with Gasteiger partial charge < -0.3 is 30.2 Å². The lowest BCUT2D eigenvalue weighted by Gasteiger charge is -2.30. The molecule has 0 bridgehead atoms. The molecule has 37 heavy (non-hydrogen) atoms. The molecular weight excluding hydrogens is 474 g/mol. The topological polar surface area (TPSA) is 115 Å². The van der Waals surface area contributed by atoms with Gasteiger partial charge in [0.1, 0.15) is 5.75 Å². The highest BCUT2D eigenvalue weighted by atomic mass is 16.5. The minimum Gasteiger partial charge on any atom is -0.497 e. The van der Waals surface area contributed by atoms with E-state index in [0.717, 1.165) is 24.2 Å². The van der Waals surface area contributed by atoms with Crippen molar-refractivity contribution in [3.05, 3.63) is 82.2 Å². The van der Waals surface area contributed by atoms with Gasteiger partial charge in [-0.3, -0.25) is 0 Å². The Morgan fingerprint density at radius 1 is 0.892 bits per heavy atom. The minimum absolute atomic E-state index is 0.299. The minimum atomic E-state index is -0.728. The molecule has 2 aromatic rings. The van der Waals surface area contributed by atoms with E-state index in [1.165, 1.54) is 14.2 Å². The number of carbonyl (C=O) groups excluding carboxylic acids is 3. The van der Waals surface area contributed by atoms with E-state index in [4.69, 9.17) is 14.2 Å². The number of ether oxygens (including phenoxy) is 3. The summed E-state index contributed by atoms with van der Waals surface area (Å²) in [5.41, 5.74) is 4.04. The van der Waals surface area contributed by atoms with Crippen molar-refractivity contribution in [1.82, 2.24) is 10.6 Å². The van der Waals surface area contributed by atoms with Crippen LogP contribution < -0.4 is 20.7 Å². The van der Waals surface area contributed by atoms with Crippen LogP contribution in [0.5, 0.6) is 5.75 Å². The Bertz CT molecular complexity index is 1200. The quantitative estimate of drug-likeness (QED) is 0.347. The highest BCUT2D eigenvalue weighted by Crippen LogP contribution is 2.39. The average Bonchev–Trinajstić information content (AvgIpc) is 2.90. The van der Waals surface area contributed by atoms with E-state index in [1.807, 2.05) is 24.3 Å². The molecular formula is C28H33N3O6. The third-order valence-electron chi connectivity index (χ3n) is 6.11. The van der Waals surface area contributed by atoms with Crippen LogP contribution in [-0.2, 0) is 25.5 Å². The summed E-state index contributed by atoms with van der Waals surface area (Å²) in [7, 11) is 4.21. The number of nitrogens with one attached hydrogen (secondary N) is 3. The molecule has 9 nitrogen and oxygen atoms in total. The van der Waals surface area contributed by atoms with Crippen LogP contribution in [0, 0.1) is 0 Å². The monoisotopic (exact) mass is 507 g/mol. The first kappa shape index (κ1) is 27.3. The largest absolute Gasteiger partial charge is 0.497 e. The molecule has 0 radical (unpaired) electrons. The number of esters is 2. The zero-order valence-corrected chi connectivity index (χ0v) is 21.8. The maximum atomic E-state index is 12.7. The van der Waals surface area contributed by atoms with Crippen LogP contribution in [0.25, 0.3) is 0 Å². The van der Waals surface area contributed by atoms with Crippen molar-refractivity contribution in [3.8, 4) is 5.75 Å². The highest BCUT2D eigenvalue weighted by molar-refractivity contribution is 6.00. The molecule has 0 spiro atoms. The van der Waals surface area contributed by atoms with Crippen molar-refractivity contribution >= 4 is 23.7 Å². The van der Waals surface area contributed by atoms with Crippen LogP contribution in [0.4, 0.5) is 10.5 Å². The number of hydrogen-bond donors (Lipinski definition) is 3. The number of aryl methyl sites for hydroxylation is 1. The molecule has 3 N–H and O–H groups in total. The van der Waals surface area contributed by atoms with Gasteiger partial charge in [-0.05, 0) is 62.1 Å². The molecule has 9 heteroatoms. The summed E-state index contributed by atoms with van der Waals surface area (Å²) in [6.45, 7) is 3.98. The number of hydrogen-bond acceptors (Lipinski definition) is 7. The molecule has 0 saturated carbocycles. The lowest BCUT2D eigenvalue weighted by molar-refractivity contribution is -0.137. The van der Waals surface area contributed by atoms with Crippen LogP contribution in [-0.4, -0.2) is 45.8 Å². The fourth-order valence-corrected chi connectivity index (χ4v) is 4.38. The van der Waals surface area contributed by atoms with Crippen molar-refractivity contribution in [3.63, 3.8) is 0 Å². The number of benzene rings is 2. The first-order valence-corrected chi connectivity index (χ1v) is 11.9. The molecule has 0 fully saturated rings. The van der Waals surface area contributed by atoms with E-state index in [9.17, 15) is 14.4 Å². The number of allylic oxidation sites excluding steroid dienone is 2. The zero-order chi connectivity index (χ0) is 26.9. The average molecular weight is 508 g/mol. The maximum absolute atomic E-state index is 12.7. The van der Waals surface area contributed by atoms with E-state index >= 15 is 0 Å². The second kappa shape index (κ2) is 12.6. The van der Waals surface area contributed by atoms with Crippen molar-refractivity contribution in [2.45, 2.75) is 32.6 Å². The first-order valence-electron chi connectivity index (χ1n) is 11.9. The third kappa shape index (κ3) is 6.69. The van der Waals surface area contributed by atoms with Crippen molar-refractivity contribution in [2.24, 2.45) is 0 Å². The molecule has 1 aliphatic rings. The van der Waals surface area contributed by atoms with Crippen LogP contribution in [0.2, 0.25) is 0 Å². The predicted molar refractivity (Wildman–Crippen MR) is 140 cm³/mol. The van der Waals surface area contributed by atoms with Gasteiger partial charge in [-0.25, -0.2) is 14.4 Å². The van der Waals surface area contributed by atoms with Crippen molar-refractivity contribution in [1.29, 1.82) is 0 Å². The molecule has 0 atom stereocenters. The lowest BCUT2D eigenvalue weighted by Crippen LogP contribution is -2.32. The molecule has 0 aliphatic carbocycles. The number of urea groups is 1. The first-order chi connectivity index (χ1) is 17.8. The number of anilines is 1. The van der Waals surface area contributed by atoms with Gasteiger partial charge in [0, 0.05) is 23.6 Å². The summed E-state index contributed by atoms with van der Waals surface area (Å²) < 4.78 is 15.3. The van der Waals surface area contributed by atoms with Gasteiger partial charge in [0.05, 0.1) is 38.4 Å². The fourth-order valence-electron chi connectivity index (χ4n) is 4.38. The number of rotatable bonds is 9. The van der Waals surface area contributed by atoms with Gasteiger partial charge in [-0.15, -0.1) is 0 Å². The van der Waals surface area contributed by atoms with Crippen molar-refractivity contribution in [2.75, 3.05) is 33.2 Å². The van der Waals surface area contributed by atoms with E-state index in [0.29, 0.717) is 40.3 Å². The van der Waals surface area contributed by atoms with Gasteiger partial charge >= 0.3 is 18.0 Å². The van der Waals surface area contributed by atoms with Gasteiger partial charge in [0.15, 0.2) is 0 Å². The summed E-state index contributed by atoms with van der Waals surface area (Å²) in [5.74, 6) is -1.04. The van der Waals surface area contributed by atoms with Crippen LogP contribution >= 0.6 is 0 Å².